The normalized spacial score (nSPS) is 24.9. The lowest BCUT2D eigenvalue weighted by Gasteiger charge is -2.39. The van der Waals surface area contributed by atoms with E-state index >= 15 is 0 Å². The van der Waals surface area contributed by atoms with E-state index in [-0.39, 0.29) is 23.4 Å². The maximum atomic E-state index is 14.0. The van der Waals surface area contributed by atoms with Crippen molar-refractivity contribution in [3.05, 3.63) is 51.4 Å². The van der Waals surface area contributed by atoms with Gasteiger partial charge in [-0.25, -0.2) is 9.97 Å². The third kappa shape index (κ3) is 4.52. The Kier molecular flexibility index (Phi) is 6.51. The van der Waals surface area contributed by atoms with Crippen LogP contribution < -0.4 is 10.2 Å². The van der Waals surface area contributed by atoms with E-state index in [1.54, 1.807) is 12.4 Å². The average molecular weight is 502 g/mol. The van der Waals surface area contributed by atoms with E-state index in [1.165, 1.54) is 11.3 Å². The minimum absolute atomic E-state index is 0.00484. The van der Waals surface area contributed by atoms with E-state index in [4.69, 9.17) is 23.2 Å². The molecule has 2 saturated heterocycles. The fourth-order valence-electron chi connectivity index (χ4n) is 5.90. The Morgan fingerprint density at radius 3 is 2.59 bits per heavy atom. The Morgan fingerprint density at radius 2 is 1.91 bits per heavy atom. The summed E-state index contributed by atoms with van der Waals surface area (Å²) in [6.07, 6.45) is 5.81. The molecule has 2 aliphatic heterocycles. The van der Waals surface area contributed by atoms with Gasteiger partial charge >= 0.3 is 0 Å². The van der Waals surface area contributed by atoms with Crippen molar-refractivity contribution in [2.75, 3.05) is 31.1 Å². The lowest BCUT2D eigenvalue weighted by Crippen LogP contribution is -2.53. The number of nitrogens with zero attached hydrogens (tertiary/aromatic N) is 4. The van der Waals surface area contributed by atoms with Gasteiger partial charge in [-0.2, -0.15) is 0 Å². The van der Waals surface area contributed by atoms with Gasteiger partial charge in [-0.05, 0) is 63.1 Å². The molecule has 1 N–H and O–H groups in total. The van der Waals surface area contributed by atoms with Crippen LogP contribution in [0.3, 0.4) is 0 Å². The van der Waals surface area contributed by atoms with Gasteiger partial charge in [0.25, 0.3) is 0 Å². The first-order valence-electron chi connectivity index (χ1n) is 12.3. The molecule has 6 nitrogen and oxygen atoms in total. The molecule has 0 bridgehead atoms. The highest BCUT2D eigenvalue weighted by atomic mass is 35.5. The summed E-state index contributed by atoms with van der Waals surface area (Å²) in [5.74, 6) is 1.35. The Hall–Kier alpha value is -1.89. The van der Waals surface area contributed by atoms with Crippen molar-refractivity contribution in [3.8, 4) is 0 Å². The summed E-state index contributed by atoms with van der Waals surface area (Å²) < 4.78 is 0. The zero-order valence-electron chi connectivity index (χ0n) is 20.2. The summed E-state index contributed by atoms with van der Waals surface area (Å²) in [7, 11) is 0. The van der Waals surface area contributed by atoms with Gasteiger partial charge in [0.05, 0.1) is 5.92 Å². The van der Waals surface area contributed by atoms with Crippen LogP contribution in [0.1, 0.15) is 68.7 Å². The van der Waals surface area contributed by atoms with Crippen LogP contribution in [0.5, 0.6) is 0 Å². The SMILES string of the molecule is C[C@@H]1CCc2ncnc(N3CCN(C(=O)[C@@H](c4ccc(Cl)cc4Cl)[C@@H]4CCC(C)(C)N4)CC3)c21. The maximum absolute atomic E-state index is 14.0. The molecule has 1 aromatic carbocycles. The van der Waals surface area contributed by atoms with E-state index in [0.717, 1.165) is 50.2 Å². The molecule has 182 valence electrons. The van der Waals surface area contributed by atoms with Crippen molar-refractivity contribution in [1.82, 2.24) is 20.2 Å². The molecule has 3 aliphatic rings. The van der Waals surface area contributed by atoms with Crippen molar-refractivity contribution in [1.29, 1.82) is 0 Å². The topological polar surface area (TPSA) is 61.4 Å². The maximum Gasteiger partial charge on any atom is 0.231 e. The van der Waals surface area contributed by atoms with Crippen molar-refractivity contribution in [2.45, 2.75) is 69.9 Å². The summed E-state index contributed by atoms with van der Waals surface area (Å²) in [6, 6.07) is 5.54. The van der Waals surface area contributed by atoms with Crippen molar-refractivity contribution >= 4 is 34.9 Å². The van der Waals surface area contributed by atoms with E-state index in [0.29, 0.717) is 29.1 Å². The molecule has 2 fully saturated rings. The highest BCUT2D eigenvalue weighted by molar-refractivity contribution is 6.35. The number of halogens is 2. The van der Waals surface area contributed by atoms with Gasteiger partial charge in [-0.1, -0.05) is 36.2 Å². The van der Waals surface area contributed by atoms with Crippen LogP contribution in [-0.4, -0.2) is 58.5 Å². The van der Waals surface area contributed by atoms with Gasteiger partial charge in [0.15, 0.2) is 0 Å². The minimum atomic E-state index is -0.332. The molecule has 0 saturated carbocycles. The first kappa shape index (κ1) is 23.8. The molecule has 5 rings (SSSR count). The van der Waals surface area contributed by atoms with Gasteiger partial charge in [-0.3, -0.25) is 4.79 Å². The van der Waals surface area contributed by atoms with Gasteiger partial charge in [0, 0.05) is 59.1 Å². The molecule has 1 aromatic heterocycles. The van der Waals surface area contributed by atoms with Crippen LogP contribution in [0.25, 0.3) is 0 Å². The van der Waals surface area contributed by atoms with Crippen molar-refractivity contribution in [2.24, 2.45) is 0 Å². The number of piperazine rings is 1. The van der Waals surface area contributed by atoms with Gasteiger partial charge in [0.2, 0.25) is 5.91 Å². The van der Waals surface area contributed by atoms with Gasteiger partial charge < -0.3 is 15.1 Å². The summed E-state index contributed by atoms with van der Waals surface area (Å²) in [5, 5.41) is 4.83. The van der Waals surface area contributed by atoms with Crippen LogP contribution >= 0.6 is 23.2 Å². The number of amides is 1. The molecule has 34 heavy (non-hydrogen) atoms. The molecule has 0 spiro atoms. The Bertz CT molecular complexity index is 1080. The molecule has 3 heterocycles. The van der Waals surface area contributed by atoms with Crippen molar-refractivity contribution in [3.63, 3.8) is 0 Å². The molecule has 0 unspecified atom stereocenters. The number of carbonyl (C=O) groups excluding carboxylic acids is 1. The van der Waals surface area contributed by atoms with E-state index in [2.05, 4.69) is 41.0 Å². The fourth-order valence-corrected chi connectivity index (χ4v) is 6.42. The summed E-state index contributed by atoms with van der Waals surface area (Å²) in [5.41, 5.74) is 3.34. The minimum Gasteiger partial charge on any atom is -0.353 e. The quantitative estimate of drug-likeness (QED) is 0.651. The third-order valence-electron chi connectivity index (χ3n) is 7.77. The predicted octanol–water partition coefficient (Wildman–Crippen LogP) is 4.80. The molecule has 1 aliphatic carbocycles. The number of rotatable bonds is 4. The van der Waals surface area contributed by atoms with E-state index < -0.39 is 0 Å². The second-order valence-corrected chi connectivity index (χ2v) is 11.5. The molecule has 8 heteroatoms. The monoisotopic (exact) mass is 501 g/mol. The number of hydrogen-bond donors (Lipinski definition) is 1. The lowest BCUT2D eigenvalue weighted by molar-refractivity contribution is -0.133. The zero-order chi connectivity index (χ0) is 24.0. The number of nitrogens with one attached hydrogen (secondary N) is 1. The molecule has 2 aromatic rings. The first-order chi connectivity index (χ1) is 16.2. The fraction of sp³-hybridized carbons (Fsp3) is 0.577. The number of aromatic nitrogens is 2. The van der Waals surface area contributed by atoms with Crippen LogP contribution in [0.15, 0.2) is 24.5 Å². The molecular formula is C26H33Cl2N5O. The highest BCUT2D eigenvalue weighted by Crippen LogP contribution is 2.39. The highest BCUT2D eigenvalue weighted by Gasteiger charge is 2.41. The third-order valence-corrected chi connectivity index (χ3v) is 8.33. The standard InChI is InChI=1S/C26H33Cl2N5O/c1-16-4-7-20-22(16)24(30-15-29-20)32-10-12-33(13-11-32)25(34)23(21-8-9-26(2,3)31-21)18-6-5-17(27)14-19(18)28/h5-6,14-16,21,23,31H,4,7-13H2,1-3H3/t16-,21+,23+/m1/s1. The Morgan fingerprint density at radius 1 is 1.15 bits per heavy atom. The number of hydrogen-bond acceptors (Lipinski definition) is 5. The van der Waals surface area contributed by atoms with Crippen LogP contribution in [0.4, 0.5) is 5.82 Å². The van der Waals surface area contributed by atoms with E-state index in [9.17, 15) is 4.79 Å². The Balaban J connectivity index is 1.36. The average Bonchev–Trinajstić information content (AvgIpc) is 3.37. The van der Waals surface area contributed by atoms with Crippen LogP contribution in [0, 0.1) is 0 Å². The second kappa shape index (κ2) is 9.29. The molecule has 3 atom stereocenters. The van der Waals surface area contributed by atoms with Gasteiger partial charge in [-0.15, -0.1) is 0 Å². The van der Waals surface area contributed by atoms with Crippen molar-refractivity contribution < 1.29 is 4.79 Å². The zero-order valence-corrected chi connectivity index (χ0v) is 21.7. The number of fused-ring (bicyclic) bond motifs is 1. The summed E-state index contributed by atoms with van der Waals surface area (Å²) in [6.45, 7) is 9.53. The number of benzene rings is 1. The summed E-state index contributed by atoms with van der Waals surface area (Å²) >= 11 is 12.8. The molecular weight excluding hydrogens is 469 g/mol. The smallest absolute Gasteiger partial charge is 0.231 e. The van der Waals surface area contributed by atoms with Crippen LogP contribution in [-0.2, 0) is 11.2 Å². The number of aryl methyl sites for hydroxylation is 1. The number of anilines is 1. The number of carbonyl (C=O) groups is 1. The lowest BCUT2D eigenvalue weighted by atomic mass is 9.88. The first-order valence-corrected chi connectivity index (χ1v) is 13.1. The molecule has 0 radical (unpaired) electrons. The summed E-state index contributed by atoms with van der Waals surface area (Å²) in [4.78, 5) is 27.4. The van der Waals surface area contributed by atoms with Crippen LogP contribution in [0.2, 0.25) is 10.0 Å². The van der Waals surface area contributed by atoms with Gasteiger partial charge in [0.1, 0.15) is 12.1 Å². The molecule has 1 amide bonds. The Labute approximate surface area is 212 Å². The predicted molar refractivity (Wildman–Crippen MR) is 137 cm³/mol. The second-order valence-electron chi connectivity index (χ2n) is 10.6. The largest absolute Gasteiger partial charge is 0.353 e. The van der Waals surface area contributed by atoms with E-state index in [1.807, 2.05) is 17.0 Å².